The van der Waals surface area contributed by atoms with Crippen molar-refractivity contribution in [3.8, 4) is 0 Å². The number of hydrogen-bond acceptors (Lipinski definition) is 8. The molecule has 2 aliphatic rings. The third-order valence-corrected chi connectivity index (χ3v) is 8.73. The Bertz CT molecular complexity index is 1300. The third-order valence-electron chi connectivity index (χ3n) is 8.73. The molecule has 0 bridgehead atoms. The number of aromatic nitrogens is 2. The van der Waals surface area contributed by atoms with Gasteiger partial charge in [0.25, 0.3) is 11.8 Å². The number of nitrogens with zero attached hydrogens (tertiary/aromatic N) is 3. The van der Waals surface area contributed by atoms with Crippen LogP contribution in [0.4, 0.5) is 0 Å². The number of carbonyl (C=O) groups is 6. The van der Waals surface area contributed by atoms with Crippen LogP contribution in [-0.2, 0) is 24.0 Å². The van der Waals surface area contributed by atoms with Gasteiger partial charge >= 0.3 is 0 Å². The molecule has 13 heteroatoms. The van der Waals surface area contributed by atoms with Gasteiger partial charge in [-0.3, -0.25) is 33.8 Å². The summed E-state index contributed by atoms with van der Waals surface area (Å²) in [6.07, 6.45) is 10.1. The van der Waals surface area contributed by atoms with Crippen LogP contribution in [0.25, 0.3) is 0 Å². The number of hydrogen-bond donors (Lipinski definition) is 4. The maximum atomic E-state index is 14.2. The Morgan fingerprint density at radius 2 is 1.61 bits per heavy atom. The normalized spacial score (nSPS) is 21.2. The molecule has 1 unspecified atom stereocenters. The zero-order valence-electron chi connectivity index (χ0n) is 27.9. The van der Waals surface area contributed by atoms with Crippen molar-refractivity contribution >= 4 is 35.3 Å². The predicted molar refractivity (Wildman–Crippen MR) is 171 cm³/mol. The predicted octanol–water partition coefficient (Wildman–Crippen LogP) is 1.54. The second-order valence-electron chi connectivity index (χ2n) is 12.9. The Kier molecular flexibility index (Phi) is 13.0. The maximum absolute atomic E-state index is 14.2. The fourth-order valence-electron chi connectivity index (χ4n) is 5.89. The smallest absolute Gasteiger partial charge is 0.289 e. The summed E-state index contributed by atoms with van der Waals surface area (Å²) < 4.78 is 0. The largest absolute Gasteiger partial charge is 0.347 e. The van der Waals surface area contributed by atoms with E-state index in [9.17, 15) is 28.8 Å². The number of allylic oxidation sites excluding steroid dienone is 1. The van der Waals surface area contributed by atoms with Crippen LogP contribution in [0.15, 0.2) is 30.7 Å². The van der Waals surface area contributed by atoms with Crippen LogP contribution < -0.4 is 21.3 Å². The SMILES string of the molecule is CCCC(NC(=O)[C@@H]1[C@H]2CC=C[C@H]2CN1C(=O)[C@@H](NC(=O)[C@@H](NC(=O)c1cnccn1)C(C)C)C(C)C)C(=O)C(=O)N[C@@H](C)CC. The van der Waals surface area contributed by atoms with Gasteiger partial charge in [0.2, 0.25) is 23.5 Å². The fraction of sp³-hybridized carbons (Fsp3) is 0.636. The highest BCUT2D eigenvalue weighted by Gasteiger charge is 2.50. The summed E-state index contributed by atoms with van der Waals surface area (Å²) >= 11 is 0. The number of nitrogens with one attached hydrogen (secondary N) is 4. The summed E-state index contributed by atoms with van der Waals surface area (Å²) in [5.41, 5.74) is 0.0557. The van der Waals surface area contributed by atoms with Gasteiger partial charge in [0.15, 0.2) is 0 Å². The van der Waals surface area contributed by atoms with E-state index in [1.807, 2.05) is 26.0 Å². The summed E-state index contributed by atoms with van der Waals surface area (Å²) in [7, 11) is 0. The summed E-state index contributed by atoms with van der Waals surface area (Å²) in [6, 6.07) is -4.08. The summed E-state index contributed by atoms with van der Waals surface area (Å²) in [4.78, 5) is 89.5. The molecule has 0 saturated carbocycles. The van der Waals surface area contributed by atoms with Crippen LogP contribution in [0.5, 0.6) is 0 Å². The number of ketones is 1. The first kappa shape index (κ1) is 36.3. The van der Waals surface area contributed by atoms with E-state index in [0.29, 0.717) is 19.3 Å². The molecule has 5 amide bonds. The molecule has 2 heterocycles. The Morgan fingerprint density at radius 3 is 2.20 bits per heavy atom. The van der Waals surface area contributed by atoms with Crippen LogP contribution in [0.1, 0.15) is 84.6 Å². The Balaban J connectivity index is 1.81. The van der Waals surface area contributed by atoms with Crippen molar-refractivity contribution in [3.05, 3.63) is 36.4 Å². The zero-order chi connectivity index (χ0) is 34.1. The highest BCUT2D eigenvalue weighted by molar-refractivity contribution is 6.38. The van der Waals surface area contributed by atoms with E-state index in [1.54, 1.807) is 34.6 Å². The van der Waals surface area contributed by atoms with E-state index < -0.39 is 59.5 Å². The average Bonchev–Trinajstić information content (AvgIpc) is 3.63. The lowest BCUT2D eigenvalue weighted by molar-refractivity contribution is -0.145. The maximum Gasteiger partial charge on any atom is 0.289 e. The Morgan fingerprint density at radius 1 is 0.913 bits per heavy atom. The van der Waals surface area contributed by atoms with Crippen molar-refractivity contribution < 1.29 is 28.8 Å². The van der Waals surface area contributed by atoms with Gasteiger partial charge in [0, 0.05) is 30.9 Å². The molecule has 13 nitrogen and oxygen atoms in total. The number of rotatable bonds is 15. The molecule has 1 aromatic rings. The van der Waals surface area contributed by atoms with Gasteiger partial charge in [-0.1, -0.05) is 60.1 Å². The Labute approximate surface area is 271 Å². The molecular weight excluding hydrogens is 590 g/mol. The molecule has 4 N–H and O–H groups in total. The van der Waals surface area contributed by atoms with Crippen molar-refractivity contribution in [2.45, 2.75) is 104 Å². The molecule has 1 aliphatic heterocycles. The summed E-state index contributed by atoms with van der Waals surface area (Å²) in [5, 5.41) is 11.0. The first-order valence-electron chi connectivity index (χ1n) is 16.3. The van der Waals surface area contributed by atoms with E-state index in [2.05, 4.69) is 31.2 Å². The second kappa shape index (κ2) is 16.4. The molecule has 1 fully saturated rings. The molecule has 0 aromatic carbocycles. The third kappa shape index (κ3) is 8.76. The number of fused-ring (bicyclic) bond motifs is 1. The van der Waals surface area contributed by atoms with Crippen LogP contribution >= 0.6 is 0 Å². The first-order chi connectivity index (χ1) is 21.8. The zero-order valence-corrected chi connectivity index (χ0v) is 27.9. The lowest BCUT2D eigenvalue weighted by Gasteiger charge is -2.33. The van der Waals surface area contributed by atoms with E-state index in [4.69, 9.17) is 0 Å². The van der Waals surface area contributed by atoms with Crippen LogP contribution in [-0.4, -0.2) is 86.9 Å². The number of Topliss-reactive ketones (excluding diaryl/α,β-unsaturated/α-hetero) is 1. The fourth-order valence-corrected chi connectivity index (χ4v) is 5.89. The van der Waals surface area contributed by atoms with Gasteiger partial charge in [0.1, 0.15) is 23.8 Å². The molecule has 1 saturated heterocycles. The van der Waals surface area contributed by atoms with Crippen molar-refractivity contribution in [1.82, 2.24) is 36.1 Å². The molecule has 0 spiro atoms. The lowest BCUT2D eigenvalue weighted by Crippen LogP contribution is -2.60. The van der Waals surface area contributed by atoms with Crippen molar-refractivity contribution in [2.24, 2.45) is 23.7 Å². The minimum absolute atomic E-state index is 0.0557. The van der Waals surface area contributed by atoms with Gasteiger partial charge in [-0.25, -0.2) is 4.98 Å². The highest BCUT2D eigenvalue weighted by atomic mass is 16.2. The molecule has 1 aliphatic carbocycles. The van der Waals surface area contributed by atoms with E-state index in [-0.39, 0.29) is 48.4 Å². The van der Waals surface area contributed by atoms with Gasteiger partial charge in [-0.2, -0.15) is 0 Å². The minimum atomic E-state index is -1.03. The second-order valence-corrected chi connectivity index (χ2v) is 12.9. The molecule has 0 radical (unpaired) electrons. The summed E-state index contributed by atoms with van der Waals surface area (Å²) in [5.74, 6) is -4.44. The topological polar surface area (TPSA) is 180 Å². The molecule has 7 atom stereocenters. The molecule has 3 rings (SSSR count). The quantitative estimate of drug-likeness (QED) is 0.165. The molecule has 1 aromatic heterocycles. The van der Waals surface area contributed by atoms with Gasteiger partial charge in [-0.05, 0) is 43.9 Å². The summed E-state index contributed by atoms with van der Waals surface area (Å²) in [6.45, 7) is 13.0. The molecular formula is C33H49N7O6. The minimum Gasteiger partial charge on any atom is -0.347 e. The van der Waals surface area contributed by atoms with E-state index >= 15 is 0 Å². The van der Waals surface area contributed by atoms with Crippen LogP contribution in [0.2, 0.25) is 0 Å². The van der Waals surface area contributed by atoms with Gasteiger partial charge < -0.3 is 26.2 Å². The number of carbonyl (C=O) groups excluding carboxylic acids is 6. The standard InChI is InChI=1S/C33H49N7O6/c1-8-11-23(28(41)32(45)36-20(7)9-2)37-31(44)27-22-13-10-12-21(22)17-40(27)33(46)26(19(5)6)39-30(43)25(18(3)4)38-29(42)24-16-34-14-15-35-24/h10,12,14-16,18-23,25-27H,8-9,11,13,17H2,1-7H3,(H,36,45)(H,37,44)(H,38,42)(H,39,43)/t20-,21-,22-,23?,25-,26-,27-/m0/s1. The first-order valence-corrected chi connectivity index (χ1v) is 16.3. The van der Waals surface area contributed by atoms with E-state index in [1.165, 1.54) is 23.5 Å². The monoisotopic (exact) mass is 639 g/mol. The van der Waals surface area contributed by atoms with E-state index in [0.717, 1.165) is 0 Å². The van der Waals surface area contributed by atoms with Gasteiger partial charge in [-0.15, -0.1) is 0 Å². The number of amides is 5. The Hall–Kier alpha value is -4.16. The number of likely N-dealkylation sites (tertiary alicyclic amines) is 1. The van der Waals surface area contributed by atoms with Crippen molar-refractivity contribution in [3.63, 3.8) is 0 Å². The average molecular weight is 640 g/mol. The van der Waals surface area contributed by atoms with Crippen LogP contribution in [0, 0.1) is 23.7 Å². The van der Waals surface area contributed by atoms with Crippen molar-refractivity contribution in [1.29, 1.82) is 0 Å². The van der Waals surface area contributed by atoms with Crippen LogP contribution in [0.3, 0.4) is 0 Å². The molecule has 46 heavy (non-hydrogen) atoms. The highest BCUT2D eigenvalue weighted by Crippen LogP contribution is 2.39. The van der Waals surface area contributed by atoms with Crippen molar-refractivity contribution in [2.75, 3.05) is 6.54 Å². The lowest BCUT2D eigenvalue weighted by atomic mass is 9.92. The van der Waals surface area contributed by atoms with Gasteiger partial charge in [0.05, 0.1) is 12.2 Å². The molecule has 252 valence electrons.